The van der Waals surface area contributed by atoms with Gasteiger partial charge in [0, 0.05) is 17.1 Å². The lowest BCUT2D eigenvalue weighted by atomic mass is 10.3. The lowest BCUT2D eigenvalue weighted by Gasteiger charge is -2.04. The van der Waals surface area contributed by atoms with Gasteiger partial charge in [-0.05, 0) is 38.1 Å². The summed E-state index contributed by atoms with van der Waals surface area (Å²) in [7, 11) is 0. The Kier molecular flexibility index (Phi) is 4.68. The van der Waals surface area contributed by atoms with Crippen molar-refractivity contribution in [2.45, 2.75) is 19.0 Å². The van der Waals surface area contributed by atoms with Gasteiger partial charge in [-0.25, -0.2) is 13.9 Å². The molecule has 0 aliphatic heterocycles. The van der Waals surface area contributed by atoms with Crippen LogP contribution in [0.15, 0.2) is 29.4 Å². The van der Waals surface area contributed by atoms with Crippen LogP contribution in [0.5, 0.6) is 0 Å². The van der Waals surface area contributed by atoms with Gasteiger partial charge in [-0.1, -0.05) is 23.4 Å². The van der Waals surface area contributed by atoms with Crippen LogP contribution in [-0.2, 0) is 4.79 Å². The highest BCUT2D eigenvalue weighted by atomic mass is 35.5. The van der Waals surface area contributed by atoms with Crippen molar-refractivity contribution < 1.29 is 9.18 Å². The Morgan fingerprint density at radius 3 is 2.88 bits per heavy atom. The third-order valence-corrected chi connectivity index (χ3v) is 4.26. The molecule has 1 amide bonds. The van der Waals surface area contributed by atoms with E-state index in [1.165, 1.54) is 30.0 Å². The summed E-state index contributed by atoms with van der Waals surface area (Å²) in [5.41, 5.74) is 2.21. The molecule has 2 heterocycles. The predicted molar refractivity (Wildman–Crippen MR) is 91.0 cm³/mol. The molecular weight excluding hydrogens is 353 g/mol. The van der Waals surface area contributed by atoms with Crippen molar-refractivity contribution >= 4 is 40.7 Å². The van der Waals surface area contributed by atoms with E-state index in [2.05, 4.69) is 20.4 Å². The van der Waals surface area contributed by atoms with E-state index in [9.17, 15) is 9.18 Å². The molecule has 2 aromatic heterocycles. The van der Waals surface area contributed by atoms with Crippen LogP contribution in [0, 0.1) is 19.7 Å². The molecule has 124 valence electrons. The van der Waals surface area contributed by atoms with Crippen LogP contribution in [0.25, 0.3) is 5.78 Å². The maximum Gasteiger partial charge on any atom is 0.253 e. The molecule has 0 bridgehead atoms. The summed E-state index contributed by atoms with van der Waals surface area (Å²) in [4.78, 5) is 20.6. The molecule has 1 N–H and O–H groups in total. The number of carbonyl (C=O) groups is 1. The number of nitrogens with one attached hydrogen (secondary N) is 1. The molecule has 24 heavy (non-hydrogen) atoms. The summed E-state index contributed by atoms with van der Waals surface area (Å²) < 4.78 is 14.7. The third-order valence-electron chi connectivity index (χ3n) is 3.13. The quantitative estimate of drug-likeness (QED) is 0.718. The second-order valence-electron chi connectivity index (χ2n) is 5.11. The van der Waals surface area contributed by atoms with Gasteiger partial charge in [-0.3, -0.25) is 4.79 Å². The van der Waals surface area contributed by atoms with Crippen LogP contribution in [0.3, 0.4) is 0 Å². The van der Waals surface area contributed by atoms with Crippen LogP contribution < -0.4 is 5.32 Å². The van der Waals surface area contributed by atoms with Gasteiger partial charge in [0.1, 0.15) is 5.82 Å². The molecule has 6 nitrogen and oxygen atoms in total. The topological polar surface area (TPSA) is 72.2 Å². The molecule has 0 aliphatic rings. The fourth-order valence-corrected chi connectivity index (χ4v) is 2.91. The van der Waals surface area contributed by atoms with Crippen molar-refractivity contribution in [2.75, 3.05) is 11.1 Å². The Labute approximate surface area is 146 Å². The molecule has 0 saturated heterocycles. The fourth-order valence-electron chi connectivity index (χ4n) is 2.11. The van der Waals surface area contributed by atoms with Crippen molar-refractivity contribution in [1.29, 1.82) is 0 Å². The fraction of sp³-hybridized carbons (Fsp3) is 0.200. The summed E-state index contributed by atoms with van der Waals surface area (Å²) in [5.74, 6) is -0.177. The highest BCUT2D eigenvalue weighted by molar-refractivity contribution is 7.99. The maximum atomic E-state index is 13.1. The van der Waals surface area contributed by atoms with Crippen LogP contribution in [-0.4, -0.2) is 31.2 Å². The zero-order valence-corrected chi connectivity index (χ0v) is 14.5. The van der Waals surface area contributed by atoms with Crippen molar-refractivity contribution in [3.05, 3.63) is 46.5 Å². The molecular formula is C15H13ClFN5OS. The summed E-state index contributed by atoms with van der Waals surface area (Å²) in [6.07, 6.45) is 0. The van der Waals surface area contributed by atoms with Gasteiger partial charge in [-0.2, -0.15) is 4.98 Å². The Balaban J connectivity index is 1.65. The number of hydrogen-bond donors (Lipinski definition) is 1. The van der Waals surface area contributed by atoms with E-state index >= 15 is 0 Å². The second kappa shape index (κ2) is 6.74. The Bertz CT molecular complexity index is 930. The molecule has 3 aromatic rings. The Morgan fingerprint density at radius 1 is 1.33 bits per heavy atom. The highest BCUT2D eigenvalue weighted by Crippen LogP contribution is 2.20. The maximum absolute atomic E-state index is 13.1. The summed E-state index contributed by atoms with van der Waals surface area (Å²) in [6.45, 7) is 3.80. The number of fused-ring (bicyclic) bond motifs is 1. The van der Waals surface area contributed by atoms with Crippen LogP contribution in [0.1, 0.15) is 11.4 Å². The molecule has 0 spiro atoms. The van der Waals surface area contributed by atoms with Gasteiger partial charge in [0.15, 0.2) is 0 Å². The highest BCUT2D eigenvalue weighted by Gasteiger charge is 2.11. The van der Waals surface area contributed by atoms with E-state index in [0.717, 1.165) is 11.4 Å². The third kappa shape index (κ3) is 3.65. The first-order chi connectivity index (χ1) is 11.4. The molecule has 1 aromatic carbocycles. The average molecular weight is 366 g/mol. The van der Waals surface area contributed by atoms with E-state index in [1.807, 2.05) is 19.9 Å². The first kappa shape index (κ1) is 16.7. The SMILES string of the molecule is Cc1cc(C)n2nc(SCC(=O)Nc3ccc(F)c(Cl)c3)nc2n1. The largest absolute Gasteiger partial charge is 0.325 e. The smallest absolute Gasteiger partial charge is 0.253 e. The summed E-state index contributed by atoms with van der Waals surface area (Å²) in [6, 6.07) is 5.91. The van der Waals surface area contributed by atoms with E-state index in [-0.39, 0.29) is 16.7 Å². The molecule has 0 unspecified atom stereocenters. The number of carbonyl (C=O) groups excluding carboxylic acids is 1. The van der Waals surface area contributed by atoms with Crippen LogP contribution >= 0.6 is 23.4 Å². The number of amides is 1. The lowest BCUT2D eigenvalue weighted by molar-refractivity contribution is -0.113. The van der Waals surface area contributed by atoms with Crippen molar-refractivity contribution in [1.82, 2.24) is 19.6 Å². The summed E-state index contributed by atoms with van der Waals surface area (Å²) >= 11 is 6.88. The molecule has 0 fully saturated rings. The zero-order chi connectivity index (χ0) is 17.3. The van der Waals surface area contributed by atoms with E-state index in [0.29, 0.717) is 16.6 Å². The number of rotatable bonds is 4. The minimum atomic E-state index is -0.531. The van der Waals surface area contributed by atoms with E-state index in [4.69, 9.17) is 11.6 Å². The lowest BCUT2D eigenvalue weighted by Crippen LogP contribution is -2.14. The Morgan fingerprint density at radius 2 is 2.12 bits per heavy atom. The summed E-state index contributed by atoms with van der Waals surface area (Å²) in [5, 5.41) is 7.38. The van der Waals surface area contributed by atoms with Gasteiger partial charge < -0.3 is 5.32 Å². The van der Waals surface area contributed by atoms with Crippen molar-refractivity contribution in [3.63, 3.8) is 0 Å². The second-order valence-corrected chi connectivity index (χ2v) is 6.46. The van der Waals surface area contributed by atoms with Gasteiger partial charge in [0.25, 0.3) is 5.78 Å². The number of halogens is 2. The molecule has 3 rings (SSSR count). The van der Waals surface area contributed by atoms with Gasteiger partial charge in [0.05, 0.1) is 10.8 Å². The first-order valence-corrected chi connectivity index (χ1v) is 8.37. The van der Waals surface area contributed by atoms with E-state index in [1.54, 1.807) is 4.52 Å². The van der Waals surface area contributed by atoms with Crippen LogP contribution in [0.2, 0.25) is 5.02 Å². The van der Waals surface area contributed by atoms with Gasteiger partial charge in [-0.15, -0.1) is 5.10 Å². The van der Waals surface area contributed by atoms with Crippen LogP contribution in [0.4, 0.5) is 10.1 Å². The number of anilines is 1. The zero-order valence-electron chi connectivity index (χ0n) is 12.9. The number of aromatic nitrogens is 4. The molecule has 9 heteroatoms. The normalized spacial score (nSPS) is 11.0. The minimum Gasteiger partial charge on any atom is -0.325 e. The number of aryl methyl sites for hydroxylation is 2. The molecule has 0 radical (unpaired) electrons. The average Bonchev–Trinajstić information content (AvgIpc) is 2.92. The number of thioether (sulfide) groups is 1. The first-order valence-electron chi connectivity index (χ1n) is 7.01. The number of nitrogens with zero attached hydrogens (tertiary/aromatic N) is 4. The van der Waals surface area contributed by atoms with E-state index < -0.39 is 5.82 Å². The van der Waals surface area contributed by atoms with Crippen molar-refractivity contribution in [2.24, 2.45) is 0 Å². The molecule has 0 saturated carbocycles. The van der Waals surface area contributed by atoms with Gasteiger partial charge in [0.2, 0.25) is 11.1 Å². The number of hydrogen-bond acceptors (Lipinski definition) is 5. The predicted octanol–water partition coefficient (Wildman–Crippen LogP) is 3.26. The van der Waals surface area contributed by atoms with Gasteiger partial charge >= 0.3 is 0 Å². The monoisotopic (exact) mass is 365 g/mol. The molecule has 0 atom stereocenters. The standard InChI is InChI=1S/C15H13ClFN5OS/c1-8-5-9(2)22-14(18-8)20-15(21-22)24-7-13(23)19-10-3-4-12(17)11(16)6-10/h3-6H,7H2,1-2H3,(H,19,23). The number of benzene rings is 1. The van der Waals surface area contributed by atoms with Crippen molar-refractivity contribution in [3.8, 4) is 0 Å². The molecule has 0 aliphatic carbocycles. The minimum absolute atomic E-state index is 0.0422. The Hall–Kier alpha value is -2.19.